The molecule has 2 heterocycles. The topological polar surface area (TPSA) is 119 Å². The molecular weight excluding hydrogens is 244 g/mol. The Hall–Kier alpha value is -1.22. The number of carbonyl (C=O) groups excluding carboxylic acids is 2. The van der Waals surface area contributed by atoms with Crippen LogP contribution in [0.1, 0.15) is 13.3 Å². The Bertz CT molecular complexity index is 344. The fourth-order valence-electron chi connectivity index (χ4n) is 2.15. The van der Waals surface area contributed by atoms with E-state index >= 15 is 0 Å². The summed E-state index contributed by atoms with van der Waals surface area (Å²) in [5.74, 6) is -0.485. The number of nitrogens with zero attached hydrogens (tertiary/aromatic N) is 1. The number of carbonyl (C=O) groups is 2. The number of ether oxygens (including phenoxy) is 1. The SMILES string of the molecule is CC(O)[C@H]1OC(N2C(=O)CCNC2=O)[C@@H](O)[C@@H]1O. The van der Waals surface area contributed by atoms with Gasteiger partial charge in [0.1, 0.15) is 18.3 Å². The molecule has 8 nitrogen and oxygen atoms in total. The second-order valence-corrected chi connectivity index (χ2v) is 4.46. The lowest BCUT2D eigenvalue weighted by atomic mass is 10.1. The monoisotopic (exact) mass is 260 g/mol. The molecule has 0 radical (unpaired) electrons. The van der Waals surface area contributed by atoms with E-state index in [4.69, 9.17) is 4.74 Å². The number of rotatable bonds is 2. The zero-order valence-electron chi connectivity index (χ0n) is 9.81. The van der Waals surface area contributed by atoms with Crippen LogP contribution in [0.15, 0.2) is 0 Å². The minimum atomic E-state index is -1.43. The number of nitrogens with one attached hydrogen (secondary N) is 1. The summed E-state index contributed by atoms with van der Waals surface area (Å²) < 4.78 is 5.22. The van der Waals surface area contributed by atoms with E-state index in [9.17, 15) is 24.9 Å². The van der Waals surface area contributed by atoms with Gasteiger partial charge in [-0.1, -0.05) is 0 Å². The molecule has 2 aliphatic rings. The molecular formula is C10H16N2O6. The first-order valence-corrected chi connectivity index (χ1v) is 5.73. The minimum absolute atomic E-state index is 0.105. The third-order valence-corrected chi connectivity index (χ3v) is 3.11. The van der Waals surface area contributed by atoms with Gasteiger partial charge in [-0.05, 0) is 6.92 Å². The fraction of sp³-hybridized carbons (Fsp3) is 0.800. The van der Waals surface area contributed by atoms with Crippen LogP contribution in [-0.4, -0.2) is 69.3 Å². The first kappa shape index (κ1) is 13.2. The van der Waals surface area contributed by atoms with Crippen molar-refractivity contribution in [3.05, 3.63) is 0 Å². The maximum Gasteiger partial charge on any atom is 0.326 e. The Balaban J connectivity index is 2.18. The van der Waals surface area contributed by atoms with Gasteiger partial charge in [-0.2, -0.15) is 0 Å². The van der Waals surface area contributed by atoms with Gasteiger partial charge in [0, 0.05) is 13.0 Å². The van der Waals surface area contributed by atoms with Gasteiger partial charge in [0.2, 0.25) is 5.91 Å². The largest absolute Gasteiger partial charge is 0.391 e. The molecule has 0 aromatic heterocycles. The average molecular weight is 260 g/mol. The summed E-state index contributed by atoms with van der Waals surface area (Å²) in [6, 6.07) is -0.672. The second-order valence-electron chi connectivity index (χ2n) is 4.46. The smallest absolute Gasteiger partial charge is 0.326 e. The van der Waals surface area contributed by atoms with E-state index in [0.717, 1.165) is 4.90 Å². The molecule has 2 aliphatic heterocycles. The molecule has 2 fully saturated rings. The van der Waals surface area contributed by atoms with E-state index < -0.39 is 42.6 Å². The van der Waals surface area contributed by atoms with Crippen molar-refractivity contribution in [2.75, 3.05) is 6.54 Å². The molecule has 0 saturated carbocycles. The first-order chi connectivity index (χ1) is 8.43. The predicted molar refractivity (Wildman–Crippen MR) is 57.2 cm³/mol. The summed E-state index contributed by atoms with van der Waals surface area (Å²) in [6.07, 6.45) is -6.01. The number of hydrogen-bond acceptors (Lipinski definition) is 6. The van der Waals surface area contributed by atoms with Gasteiger partial charge in [-0.15, -0.1) is 0 Å². The number of amides is 3. The number of aliphatic hydroxyl groups is 3. The number of imide groups is 1. The van der Waals surface area contributed by atoms with E-state index in [2.05, 4.69) is 5.32 Å². The first-order valence-electron chi connectivity index (χ1n) is 5.73. The summed E-state index contributed by atoms with van der Waals surface area (Å²) in [6.45, 7) is 1.63. The molecule has 0 spiro atoms. The van der Waals surface area contributed by atoms with E-state index in [0.29, 0.717) is 0 Å². The van der Waals surface area contributed by atoms with Crippen LogP contribution in [0.3, 0.4) is 0 Å². The molecule has 18 heavy (non-hydrogen) atoms. The van der Waals surface area contributed by atoms with Gasteiger partial charge < -0.3 is 25.4 Å². The molecule has 2 rings (SSSR count). The van der Waals surface area contributed by atoms with E-state index in [1.54, 1.807) is 0 Å². The van der Waals surface area contributed by atoms with Crippen molar-refractivity contribution in [3.63, 3.8) is 0 Å². The van der Waals surface area contributed by atoms with E-state index in [-0.39, 0.29) is 13.0 Å². The highest BCUT2D eigenvalue weighted by molar-refractivity contribution is 5.97. The second kappa shape index (κ2) is 4.81. The minimum Gasteiger partial charge on any atom is -0.391 e. The average Bonchev–Trinajstić information content (AvgIpc) is 2.57. The van der Waals surface area contributed by atoms with Crippen LogP contribution in [-0.2, 0) is 9.53 Å². The van der Waals surface area contributed by atoms with Gasteiger partial charge in [0.05, 0.1) is 6.10 Å². The third-order valence-electron chi connectivity index (χ3n) is 3.11. The van der Waals surface area contributed by atoms with Crippen molar-refractivity contribution in [1.82, 2.24) is 10.2 Å². The Morgan fingerprint density at radius 3 is 2.56 bits per heavy atom. The van der Waals surface area contributed by atoms with Gasteiger partial charge in [-0.3, -0.25) is 4.79 Å². The van der Waals surface area contributed by atoms with Gasteiger partial charge in [0.25, 0.3) is 0 Å². The lowest BCUT2D eigenvalue weighted by Gasteiger charge is -2.31. The molecule has 0 bridgehead atoms. The molecule has 2 unspecified atom stereocenters. The normalized spacial score (nSPS) is 38.8. The lowest BCUT2D eigenvalue weighted by molar-refractivity contribution is -0.148. The van der Waals surface area contributed by atoms with Crippen molar-refractivity contribution in [1.29, 1.82) is 0 Å². The van der Waals surface area contributed by atoms with Crippen molar-refractivity contribution in [2.24, 2.45) is 0 Å². The van der Waals surface area contributed by atoms with Gasteiger partial charge >= 0.3 is 6.03 Å². The van der Waals surface area contributed by atoms with E-state index in [1.165, 1.54) is 6.92 Å². The zero-order valence-corrected chi connectivity index (χ0v) is 9.81. The fourth-order valence-corrected chi connectivity index (χ4v) is 2.15. The van der Waals surface area contributed by atoms with Crippen LogP contribution in [0.2, 0.25) is 0 Å². The van der Waals surface area contributed by atoms with Crippen molar-refractivity contribution in [3.8, 4) is 0 Å². The number of hydrogen-bond donors (Lipinski definition) is 4. The quantitative estimate of drug-likeness (QED) is 0.445. The maximum atomic E-state index is 11.7. The Labute approximate surface area is 103 Å². The third kappa shape index (κ3) is 2.07. The van der Waals surface area contributed by atoms with Crippen LogP contribution >= 0.6 is 0 Å². The van der Waals surface area contributed by atoms with Crippen LogP contribution < -0.4 is 5.32 Å². The van der Waals surface area contributed by atoms with Crippen molar-refractivity contribution in [2.45, 2.75) is 44.0 Å². The summed E-state index contributed by atoms with van der Waals surface area (Å²) in [7, 11) is 0. The maximum absolute atomic E-state index is 11.7. The standard InChI is InChI=1S/C10H16N2O6/c1-4(13)8-6(15)7(16)9(18-8)12-5(14)2-3-11-10(12)17/h4,6-9,13,15-16H,2-3H2,1H3,(H,11,17)/t4?,6-,7-,8+,9?/m0/s1. The predicted octanol–water partition coefficient (Wildman–Crippen LogP) is -2.24. The molecule has 3 amide bonds. The molecule has 0 aromatic rings. The highest BCUT2D eigenvalue weighted by atomic mass is 16.6. The van der Waals surface area contributed by atoms with Crippen molar-refractivity contribution < 1.29 is 29.6 Å². The molecule has 8 heteroatoms. The van der Waals surface area contributed by atoms with Crippen LogP contribution in [0.25, 0.3) is 0 Å². The molecule has 4 N–H and O–H groups in total. The Morgan fingerprint density at radius 2 is 2.06 bits per heavy atom. The molecule has 2 saturated heterocycles. The highest BCUT2D eigenvalue weighted by Crippen LogP contribution is 2.27. The molecule has 0 aliphatic carbocycles. The van der Waals surface area contributed by atoms with Crippen LogP contribution in [0.4, 0.5) is 4.79 Å². The highest BCUT2D eigenvalue weighted by Gasteiger charge is 2.50. The summed E-state index contributed by atoms with van der Waals surface area (Å²) >= 11 is 0. The number of urea groups is 1. The van der Waals surface area contributed by atoms with Crippen LogP contribution in [0, 0.1) is 0 Å². The number of aliphatic hydroxyl groups excluding tert-OH is 3. The van der Waals surface area contributed by atoms with Crippen molar-refractivity contribution >= 4 is 11.9 Å². The molecule has 5 atom stereocenters. The summed E-state index contributed by atoms with van der Waals surface area (Å²) in [4.78, 5) is 24.0. The Kier molecular flexibility index (Phi) is 3.53. The zero-order chi connectivity index (χ0) is 13.4. The Morgan fingerprint density at radius 1 is 1.39 bits per heavy atom. The summed E-state index contributed by atoms with van der Waals surface area (Å²) in [5.41, 5.74) is 0. The van der Waals surface area contributed by atoms with Crippen LogP contribution in [0.5, 0.6) is 0 Å². The van der Waals surface area contributed by atoms with Gasteiger partial charge in [0.15, 0.2) is 6.23 Å². The molecule has 0 aromatic carbocycles. The lowest BCUT2D eigenvalue weighted by Crippen LogP contribution is -2.57. The summed E-state index contributed by atoms with van der Waals surface area (Å²) in [5, 5.41) is 31.3. The van der Waals surface area contributed by atoms with Gasteiger partial charge in [-0.25, -0.2) is 9.69 Å². The van der Waals surface area contributed by atoms with E-state index in [1.807, 2.05) is 0 Å². The molecule has 102 valence electrons.